The Labute approximate surface area is 131 Å². The second kappa shape index (κ2) is 6.16. The van der Waals surface area contributed by atoms with Gasteiger partial charge >= 0.3 is 0 Å². The maximum absolute atomic E-state index is 12.2. The summed E-state index contributed by atoms with van der Waals surface area (Å²) in [5.74, 6) is -0.271. The smallest absolute Gasteiger partial charge is 0.236 e. The van der Waals surface area contributed by atoms with E-state index in [0.717, 1.165) is 0 Å². The van der Waals surface area contributed by atoms with Gasteiger partial charge in [0.2, 0.25) is 10.0 Å². The van der Waals surface area contributed by atoms with Gasteiger partial charge in [-0.15, -0.1) is 0 Å². The van der Waals surface area contributed by atoms with Crippen LogP contribution in [0.3, 0.4) is 0 Å². The van der Waals surface area contributed by atoms with Crippen molar-refractivity contribution < 1.29 is 8.42 Å². The van der Waals surface area contributed by atoms with Crippen molar-refractivity contribution in [1.29, 1.82) is 5.26 Å². The van der Waals surface area contributed by atoms with E-state index in [1.807, 2.05) is 6.07 Å². The molecule has 0 bridgehead atoms. The molecule has 0 atom stereocenters. The third-order valence-electron chi connectivity index (χ3n) is 2.75. The Morgan fingerprint density at radius 1 is 1.24 bits per heavy atom. The first-order chi connectivity index (χ1) is 9.91. The Kier molecular flexibility index (Phi) is 4.50. The van der Waals surface area contributed by atoms with Crippen molar-refractivity contribution in [2.45, 2.75) is 5.75 Å². The highest BCUT2D eigenvalue weighted by Crippen LogP contribution is 2.24. The molecule has 2 rings (SSSR count). The lowest BCUT2D eigenvalue weighted by Crippen LogP contribution is -2.15. The lowest BCUT2D eigenvalue weighted by Gasteiger charge is -2.10. The summed E-state index contributed by atoms with van der Waals surface area (Å²) in [6.07, 6.45) is 0. The van der Waals surface area contributed by atoms with Crippen LogP contribution >= 0.6 is 15.9 Å². The minimum atomic E-state index is -3.62. The van der Waals surface area contributed by atoms with Crippen molar-refractivity contribution in [2.75, 3.05) is 10.5 Å². The SMILES string of the molecule is N#Cc1ccccc1CS(=O)(=O)Nc1ccc(Br)c(N)c1. The molecule has 3 N–H and O–H groups in total. The van der Waals surface area contributed by atoms with Gasteiger partial charge in [-0.3, -0.25) is 4.72 Å². The van der Waals surface area contributed by atoms with Crippen molar-refractivity contribution in [2.24, 2.45) is 0 Å². The highest BCUT2D eigenvalue weighted by molar-refractivity contribution is 9.10. The fourth-order valence-corrected chi connectivity index (χ4v) is 3.25. The molecule has 0 radical (unpaired) electrons. The Morgan fingerprint density at radius 3 is 2.62 bits per heavy atom. The van der Waals surface area contributed by atoms with Gasteiger partial charge in [0, 0.05) is 10.2 Å². The number of hydrogen-bond donors (Lipinski definition) is 2. The van der Waals surface area contributed by atoms with Gasteiger partial charge in [0.1, 0.15) is 0 Å². The molecule has 108 valence electrons. The van der Waals surface area contributed by atoms with Gasteiger partial charge < -0.3 is 5.73 Å². The lowest BCUT2D eigenvalue weighted by molar-refractivity contribution is 0.600. The molecule has 7 heteroatoms. The topological polar surface area (TPSA) is 96.0 Å². The third kappa shape index (κ3) is 3.97. The number of nitrogen functional groups attached to an aromatic ring is 1. The molecule has 2 aromatic carbocycles. The molecule has 0 aromatic heterocycles. The van der Waals surface area contributed by atoms with Crippen LogP contribution < -0.4 is 10.5 Å². The first kappa shape index (κ1) is 15.4. The highest BCUT2D eigenvalue weighted by Gasteiger charge is 2.14. The van der Waals surface area contributed by atoms with Gasteiger partial charge in [0.25, 0.3) is 0 Å². The summed E-state index contributed by atoms with van der Waals surface area (Å²) in [6.45, 7) is 0. The number of nitrogens with two attached hydrogens (primary N) is 1. The zero-order valence-corrected chi connectivity index (χ0v) is 13.3. The molecular formula is C14H12BrN3O2S. The van der Waals surface area contributed by atoms with Crippen LogP contribution in [-0.2, 0) is 15.8 Å². The van der Waals surface area contributed by atoms with E-state index in [1.165, 1.54) is 6.07 Å². The zero-order chi connectivity index (χ0) is 15.5. The molecule has 0 saturated carbocycles. The van der Waals surface area contributed by atoms with E-state index in [2.05, 4.69) is 20.7 Å². The number of benzene rings is 2. The molecular weight excluding hydrogens is 354 g/mol. The molecule has 0 saturated heterocycles. The second-order valence-corrected chi connectivity index (χ2v) is 6.94. The average molecular weight is 366 g/mol. The monoisotopic (exact) mass is 365 g/mol. The predicted molar refractivity (Wildman–Crippen MR) is 86.0 cm³/mol. The van der Waals surface area contributed by atoms with Crippen molar-refractivity contribution in [3.05, 3.63) is 58.1 Å². The number of sulfonamides is 1. The van der Waals surface area contributed by atoms with E-state index in [9.17, 15) is 8.42 Å². The third-order valence-corrected chi connectivity index (χ3v) is 4.71. The summed E-state index contributed by atoms with van der Waals surface area (Å²) in [5.41, 5.74) is 7.33. The molecule has 21 heavy (non-hydrogen) atoms. The first-order valence-electron chi connectivity index (χ1n) is 5.95. The van der Waals surface area contributed by atoms with Crippen molar-refractivity contribution in [1.82, 2.24) is 0 Å². The van der Waals surface area contributed by atoms with Crippen LogP contribution in [0, 0.1) is 11.3 Å². The van der Waals surface area contributed by atoms with Crippen LogP contribution in [0.1, 0.15) is 11.1 Å². The number of hydrogen-bond acceptors (Lipinski definition) is 4. The Morgan fingerprint density at radius 2 is 1.95 bits per heavy atom. The number of rotatable bonds is 4. The number of nitrogens with zero attached hydrogens (tertiary/aromatic N) is 1. The van der Waals surface area contributed by atoms with Gasteiger partial charge in [-0.1, -0.05) is 18.2 Å². The summed E-state index contributed by atoms with van der Waals surface area (Å²) in [6, 6.07) is 13.4. The van der Waals surface area contributed by atoms with E-state index in [0.29, 0.717) is 27.0 Å². The molecule has 0 heterocycles. The lowest BCUT2D eigenvalue weighted by atomic mass is 10.1. The minimum Gasteiger partial charge on any atom is -0.398 e. The van der Waals surface area contributed by atoms with Crippen LogP contribution in [-0.4, -0.2) is 8.42 Å². The summed E-state index contributed by atoms with van der Waals surface area (Å²) >= 11 is 3.24. The van der Waals surface area contributed by atoms with Gasteiger partial charge in [-0.05, 0) is 45.8 Å². The molecule has 0 unspecified atom stereocenters. The van der Waals surface area contributed by atoms with Crippen LogP contribution in [0.15, 0.2) is 46.9 Å². The molecule has 0 amide bonds. The summed E-state index contributed by atoms with van der Waals surface area (Å²) in [7, 11) is -3.62. The molecule has 2 aromatic rings. The minimum absolute atomic E-state index is 0.271. The van der Waals surface area contributed by atoms with Crippen molar-refractivity contribution in [3.63, 3.8) is 0 Å². The normalized spacial score (nSPS) is 10.9. The summed E-state index contributed by atoms with van der Waals surface area (Å²) in [4.78, 5) is 0. The number of anilines is 2. The molecule has 5 nitrogen and oxygen atoms in total. The van der Waals surface area contributed by atoms with Gasteiger partial charge in [0.05, 0.1) is 23.1 Å². The van der Waals surface area contributed by atoms with Gasteiger partial charge in [0.15, 0.2) is 0 Å². The Balaban J connectivity index is 2.23. The standard InChI is InChI=1S/C14H12BrN3O2S/c15-13-6-5-12(7-14(13)17)18-21(19,20)9-11-4-2-1-3-10(11)8-16/h1-7,18H,9,17H2. The fourth-order valence-electron chi connectivity index (χ4n) is 1.78. The Hall–Kier alpha value is -2.04. The maximum atomic E-state index is 12.2. The summed E-state index contributed by atoms with van der Waals surface area (Å²) in [5, 5.41) is 8.98. The van der Waals surface area contributed by atoms with E-state index in [-0.39, 0.29) is 5.75 Å². The van der Waals surface area contributed by atoms with Crippen molar-refractivity contribution in [3.8, 4) is 6.07 Å². The average Bonchev–Trinajstić information content (AvgIpc) is 2.43. The molecule has 0 fully saturated rings. The molecule has 0 aliphatic carbocycles. The second-order valence-electron chi connectivity index (χ2n) is 4.37. The quantitative estimate of drug-likeness (QED) is 0.814. The highest BCUT2D eigenvalue weighted by atomic mass is 79.9. The number of nitrogens with one attached hydrogen (secondary N) is 1. The van der Waals surface area contributed by atoms with Crippen LogP contribution in [0.5, 0.6) is 0 Å². The van der Waals surface area contributed by atoms with Crippen LogP contribution in [0.4, 0.5) is 11.4 Å². The van der Waals surface area contributed by atoms with E-state index in [1.54, 1.807) is 36.4 Å². The number of nitriles is 1. The largest absolute Gasteiger partial charge is 0.398 e. The number of halogens is 1. The fraction of sp³-hybridized carbons (Fsp3) is 0.0714. The molecule has 0 aliphatic rings. The van der Waals surface area contributed by atoms with Gasteiger partial charge in [-0.2, -0.15) is 5.26 Å². The Bertz CT molecular complexity index is 813. The zero-order valence-electron chi connectivity index (χ0n) is 10.9. The molecule has 0 aliphatic heterocycles. The van der Waals surface area contributed by atoms with Crippen LogP contribution in [0.2, 0.25) is 0 Å². The van der Waals surface area contributed by atoms with E-state index < -0.39 is 10.0 Å². The maximum Gasteiger partial charge on any atom is 0.236 e. The summed E-state index contributed by atoms with van der Waals surface area (Å²) < 4.78 is 27.5. The van der Waals surface area contributed by atoms with Crippen LogP contribution in [0.25, 0.3) is 0 Å². The predicted octanol–water partition coefficient (Wildman–Crippen LogP) is 2.84. The van der Waals surface area contributed by atoms with Crippen molar-refractivity contribution >= 4 is 37.3 Å². The molecule has 0 spiro atoms. The van der Waals surface area contributed by atoms with Gasteiger partial charge in [-0.25, -0.2) is 8.42 Å². The van der Waals surface area contributed by atoms with E-state index >= 15 is 0 Å². The van der Waals surface area contributed by atoms with E-state index in [4.69, 9.17) is 11.0 Å². The first-order valence-corrected chi connectivity index (χ1v) is 8.39.